The molecule has 0 amide bonds. The summed E-state index contributed by atoms with van der Waals surface area (Å²) in [6.07, 6.45) is -2.98. The van der Waals surface area contributed by atoms with Crippen LogP contribution in [0.1, 0.15) is 5.56 Å². The molecule has 27 heavy (non-hydrogen) atoms. The topological polar surface area (TPSA) is 50.9 Å². The Labute approximate surface area is 155 Å². The molecule has 4 aromatic rings. The van der Waals surface area contributed by atoms with Crippen molar-refractivity contribution in [2.75, 3.05) is 0 Å². The number of hydrogen-bond acceptors (Lipinski definition) is 3. The number of alkyl halides is 3. The van der Waals surface area contributed by atoms with Gasteiger partial charge in [-0.05, 0) is 42.5 Å². The van der Waals surface area contributed by atoms with Gasteiger partial charge in [0.15, 0.2) is 4.77 Å². The first-order valence-electron chi connectivity index (χ1n) is 7.85. The Morgan fingerprint density at radius 2 is 1.81 bits per heavy atom. The lowest BCUT2D eigenvalue weighted by Crippen LogP contribution is -2.06. The van der Waals surface area contributed by atoms with Crippen LogP contribution in [0.2, 0.25) is 0 Å². The van der Waals surface area contributed by atoms with Gasteiger partial charge in [0.05, 0.1) is 16.8 Å². The van der Waals surface area contributed by atoms with E-state index in [1.807, 2.05) is 6.07 Å². The van der Waals surface area contributed by atoms with Crippen LogP contribution in [-0.4, -0.2) is 9.55 Å². The predicted octanol–water partition coefficient (Wildman–Crippen LogP) is 5.33. The highest BCUT2D eigenvalue weighted by atomic mass is 32.1. The monoisotopic (exact) mass is 388 g/mol. The molecular weight excluding hydrogens is 377 g/mol. The number of aromatic amines is 1. The van der Waals surface area contributed by atoms with Gasteiger partial charge in [0.25, 0.3) is 0 Å². The largest absolute Gasteiger partial charge is 0.422 e. The molecule has 136 valence electrons. The van der Waals surface area contributed by atoms with Crippen LogP contribution in [0.25, 0.3) is 27.9 Å². The first-order chi connectivity index (χ1) is 12.8. The van der Waals surface area contributed by atoms with Crippen LogP contribution in [0.4, 0.5) is 13.2 Å². The second-order valence-corrected chi connectivity index (χ2v) is 6.26. The molecule has 2 heterocycles. The summed E-state index contributed by atoms with van der Waals surface area (Å²) in [6.45, 7) is 0. The molecule has 0 aliphatic rings. The van der Waals surface area contributed by atoms with Gasteiger partial charge in [0.2, 0.25) is 0 Å². The van der Waals surface area contributed by atoms with Crippen LogP contribution in [0.5, 0.6) is 0 Å². The smallest absolute Gasteiger partial charge is 0.416 e. The van der Waals surface area contributed by atoms with E-state index in [1.165, 1.54) is 22.9 Å². The van der Waals surface area contributed by atoms with Gasteiger partial charge in [-0.2, -0.15) is 13.2 Å². The number of fused-ring (bicyclic) bond motifs is 1. The standard InChI is InChI=1S/C19H11F3N2O2S/c20-19(21,22)12-5-3-6-13(9-12)24-10-15(23-18(24)27)14-8-11-4-1-2-7-16(11)26-17(14)25/h1-10H,(H,23,27). The maximum atomic E-state index is 13.0. The number of benzene rings is 2. The minimum absolute atomic E-state index is 0.164. The molecule has 1 N–H and O–H groups in total. The number of H-pyrrole nitrogens is 1. The molecule has 0 saturated carbocycles. The van der Waals surface area contributed by atoms with Crippen LogP contribution in [-0.2, 0) is 6.18 Å². The fourth-order valence-electron chi connectivity index (χ4n) is 2.81. The van der Waals surface area contributed by atoms with Crippen molar-refractivity contribution in [3.63, 3.8) is 0 Å². The van der Waals surface area contributed by atoms with Crippen LogP contribution in [0.3, 0.4) is 0 Å². The Kier molecular flexibility index (Phi) is 4.00. The molecule has 0 aliphatic carbocycles. The van der Waals surface area contributed by atoms with Gasteiger partial charge >= 0.3 is 11.8 Å². The molecule has 8 heteroatoms. The maximum Gasteiger partial charge on any atom is 0.416 e. The Morgan fingerprint density at radius 1 is 1.04 bits per heavy atom. The zero-order valence-electron chi connectivity index (χ0n) is 13.6. The van der Waals surface area contributed by atoms with E-state index in [2.05, 4.69) is 4.98 Å². The Hall–Kier alpha value is -3.13. The van der Waals surface area contributed by atoms with E-state index in [0.717, 1.165) is 17.5 Å². The third-order valence-corrected chi connectivity index (χ3v) is 4.40. The summed E-state index contributed by atoms with van der Waals surface area (Å²) in [5.41, 5.74) is -0.0666. The molecule has 4 rings (SSSR count). The van der Waals surface area contributed by atoms with Gasteiger partial charge in [0.1, 0.15) is 5.58 Å². The Balaban J connectivity index is 1.85. The van der Waals surface area contributed by atoms with Crippen molar-refractivity contribution < 1.29 is 17.6 Å². The number of imidazole rings is 1. The fraction of sp³-hybridized carbons (Fsp3) is 0.0526. The van der Waals surface area contributed by atoms with E-state index in [1.54, 1.807) is 24.3 Å². The average Bonchev–Trinajstić information content (AvgIpc) is 3.02. The quantitative estimate of drug-likeness (QED) is 0.373. The summed E-state index contributed by atoms with van der Waals surface area (Å²) in [5.74, 6) is 0. The molecule has 0 spiro atoms. The zero-order chi connectivity index (χ0) is 19.2. The Morgan fingerprint density at radius 3 is 2.59 bits per heavy atom. The average molecular weight is 388 g/mol. The highest BCUT2D eigenvalue weighted by Crippen LogP contribution is 2.30. The van der Waals surface area contributed by atoms with Gasteiger partial charge in [-0.3, -0.25) is 4.57 Å². The molecule has 0 radical (unpaired) electrons. The van der Waals surface area contributed by atoms with Crippen molar-refractivity contribution in [2.24, 2.45) is 0 Å². The Bertz CT molecular complexity index is 1270. The van der Waals surface area contributed by atoms with Crippen LogP contribution in [0.15, 0.2) is 70.0 Å². The van der Waals surface area contributed by atoms with Gasteiger partial charge in [0, 0.05) is 17.3 Å². The van der Waals surface area contributed by atoms with Gasteiger partial charge in [-0.15, -0.1) is 0 Å². The summed E-state index contributed by atoms with van der Waals surface area (Å²) in [7, 11) is 0. The number of nitrogens with one attached hydrogen (secondary N) is 1. The van der Waals surface area contributed by atoms with Crippen LogP contribution < -0.4 is 5.63 Å². The fourth-order valence-corrected chi connectivity index (χ4v) is 3.07. The molecule has 0 atom stereocenters. The lowest BCUT2D eigenvalue weighted by molar-refractivity contribution is -0.137. The van der Waals surface area contributed by atoms with Crippen molar-refractivity contribution in [3.8, 4) is 16.9 Å². The summed E-state index contributed by atoms with van der Waals surface area (Å²) in [6, 6.07) is 13.5. The molecule has 2 aromatic carbocycles. The van der Waals surface area contributed by atoms with E-state index in [0.29, 0.717) is 11.3 Å². The molecule has 0 fully saturated rings. The minimum Gasteiger partial charge on any atom is -0.422 e. The maximum absolute atomic E-state index is 13.0. The third-order valence-electron chi connectivity index (χ3n) is 4.10. The van der Waals surface area contributed by atoms with Crippen molar-refractivity contribution in [1.82, 2.24) is 9.55 Å². The van der Waals surface area contributed by atoms with E-state index < -0.39 is 17.4 Å². The predicted molar refractivity (Wildman–Crippen MR) is 97.4 cm³/mol. The highest BCUT2D eigenvalue weighted by molar-refractivity contribution is 7.71. The highest BCUT2D eigenvalue weighted by Gasteiger charge is 2.30. The normalized spacial score (nSPS) is 11.8. The number of rotatable bonds is 2. The molecule has 0 aliphatic heterocycles. The molecular formula is C19H11F3N2O2S. The van der Waals surface area contributed by atoms with Crippen LogP contribution in [0, 0.1) is 4.77 Å². The number of halogens is 3. The van der Waals surface area contributed by atoms with Crippen molar-refractivity contribution in [3.05, 3.63) is 81.5 Å². The van der Waals surface area contributed by atoms with E-state index in [-0.39, 0.29) is 16.0 Å². The third kappa shape index (κ3) is 3.19. The van der Waals surface area contributed by atoms with Gasteiger partial charge in [-0.25, -0.2) is 4.79 Å². The zero-order valence-corrected chi connectivity index (χ0v) is 14.4. The van der Waals surface area contributed by atoms with Gasteiger partial charge in [-0.1, -0.05) is 24.3 Å². The first-order valence-corrected chi connectivity index (χ1v) is 8.26. The lowest BCUT2D eigenvalue weighted by atomic mass is 10.1. The second kappa shape index (κ2) is 6.24. The van der Waals surface area contributed by atoms with Crippen molar-refractivity contribution in [1.29, 1.82) is 0 Å². The van der Waals surface area contributed by atoms with E-state index in [4.69, 9.17) is 16.6 Å². The van der Waals surface area contributed by atoms with Crippen molar-refractivity contribution >= 4 is 23.2 Å². The number of nitrogens with zero attached hydrogens (tertiary/aromatic N) is 1. The second-order valence-electron chi connectivity index (χ2n) is 5.88. The molecule has 0 bridgehead atoms. The number of aromatic nitrogens is 2. The molecule has 4 nitrogen and oxygen atoms in total. The molecule has 2 aromatic heterocycles. The SMILES string of the molecule is O=c1oc2ccccc2cc1-c1cn(-c2cccc(C(F)(F)F)c2)c(=S)[nH]1. The van der Waals surface area contributed by atoms with Crippen LogP contribution >= 0.6 is 12.2 Å². The summed E-state index contributed by atoms with van der Waals surface area (Å²) in [5, 5.41) is 0.721. The lowest BCUT2D eigenvalue weighted by Gasteiger charge is -2.09. The van der Waals surface area contributed by atoms with E-state index >= 15 is 0 Å². The summed E-state index contributed by atoms with van der Waals surface area (Å²) < 4.78 is 45.7. The van der Waals surface area contributed by atoms with Crippen molar-refractivity contribution in [2.45, 2.75) is 6.18 Å². The molecule has 0 saturated heterocycles. The first kappa shape index (κ1) is 17.3. The summed E-state index contributed by atoms with van der Waals surface area (Å²) in [4.78, 5) is 15.2. The number of para-hydroxylation sites is 1. The number of hydrogen-bond donors (Lipinski definition) is 1. The molecule has 0 unspecified atom stereocenters. The van der Waals surface area contributed by atoms with Gasteiger partial charge < -0.3 is 9.40 Å². The minimum atomic E-state index is -4.46. The summed E-state index contributed by atoms with van der Waals surface area (Å²) >= 11 is 5.22. The van der Waals surface area contributed by atoms with E-state index in [9.17, 15) is 18.0 Å².